The van der Waals surface area contributed by atoms with Crippen LogP contribution in [0.4, 0.5) is 13.2 Å². The zero-order valence-corrected chi connectivity index (χ0v) is 17.4. The van der Waals surface area contributed by atoms with Crippen molar-refractivity contribution in [2.75, 3.05) is 0 Å². The Kier molecular flexibility index (Phi) is 5.48. The molecule has 4 aromatic rings. The molecule has 4 heterocycles. The van der Waals surface area contributed by atoms with Crippen molar-refractivity contribution < 1.29 is 18.0 Å². The highest BCUT2D eigenvalue weighted by Gasteiger charge is 2.42. The first kappa shape index (κ1) is 21.0. The molecule has 6 nitrogen and oxygen atoms in total. The molecule has 1 atom stereocenters. The summed E-state index contributed by atoms with van der Waals surface area (Å²) in [5, 5.41) is 8.14. The van der Waals surface area contributed by atoms with Gasteiger partial charge in [-0.25, -0.2) is 9.50 Å². The van der Waals surface area contributed by atoms with Crippen LogP contribution in [0.3, 0.4) is 0 Å². The van der Waals surface area contributed by atoms with Crippen molar-refractivity contribution in [3.63, 3.8) is 0 Å². The summed E-state index contributed by atoms with van der Waals surface area (Å²) < 4.78 is 41.1. The molecule has 0 aliphatic heterocycles. The molecule has 10 heteroatoms. The van der Waals surface area contributed by atoms with Crippen molar-refractivity contribution in [2.45, 2.75) is 26.1 Å². The van der Waals surface area contributed by atoms with Crippen LogP contribution in [0.5, 0.6) is 0 Å². The number of amides is 1. The Morgan fingerprint density at radius 2 is 1.87 bits per heavy atom. The molecule has 0 spiro atoms. The fourth-order valence-corrected chi connectivity index (χ4v) is 4.02. The lowest BCUT2D eigenvalue weighted by atomic mass is 10.0. The van der Waals surface area contributed by atoms with Crippen molar-refractivity contribution in [1.29, 1.82) is 0 Å². The maximum atomic E-state index is 13.2. The van der Waals surface area contributed by atoms with Crippen LogP contribution in [0.15, 0.2) is 54.6 Å². The van der Waals surface area contributed by atoms with Crippen LogP contribution in [0.1, 0.15) is 23.5 Å². The van der Waals surface area contributed by atoms with Gasteiger partial charge in [0.05, 0.1) is 11.1 Å². The molecular formula is C21H18F3N5OS. The molecule has 4 aromatic heterocycles. The van der Waals surface area contributed by atoms with Gasteiger partial charge in [-0.2, -0.15) is 18.3 Å². The number of carbonyl (C=O) groups excluding carboxylic acids is 1. The normalized spacial score (nSPS) is 13.0. The number of halogens is 3. The average Bonchev–Trinajstić information content (AvgIpc) is 3.38. The third-order valence-electron chi connectivity index (χ3n) is 4.81. The number of carbonyl (C=O) groups is 1. The maximum Gasteiger partial charge on any atom is 0.408 e. The first-order valence-corrected chi connectivity index (χ1v) is 10.3. The van der Waals surface area contributed by atoms with Gasteiger partial charge in [0.25, 0.3) is 5.91 Å². The largest absolute Gasteiger partial charge is 0.408 e. The Balaban J connectivity index is 1.59. The number of pyridine rings is 1. The molecule has 160 valence electrons. The molecule has 31 heavy (non-hydrogen) atoms. The topological polar surface area (TPSA) is 72.2 Å². The zero-order chi connectivity index (χ0) is 22.2. The number of fused-ring (bicyclic) bond motifs is 1. The molecule has 0 aliphatic carbocycles. The fraction of sp³-hybridized carbons (Fsp3) is 0.238. The third-order valence-corrected chi connectivity index (χ3v) is 5.74. The summed E-state index contributed by atoms with van der Waals surface area (Å²) in [7, 11) is 0. The minimum atomic E-state index is -4.51. The van der Waals surface area contributed by atoms with Gasteiger partial charge in [0.2, 0.25) is 0 Å². The van der Waals surface area contributed by atoms with E-state index < -0.39 is 24.0 Å². The Bertz CT molecular complexity index is 1220. The summed E-state index contributed by atoms with van der Waals surface area (Å²) in [6.45, 7) is 2.84. The van der Waals surface area contributed by atoms with E-state index in [2.05, 4.69) is 20.4 Å². The first-order chi connectivity index (χ1) is 14.7. The fourth-order valence-electron chi connectivity index (χ4n) is 3.21. The van der Waals surface area contributed by atoms with Gasteiger partial charge in [-0.05, 0) is 40.6 Å². The van der Waals surface area contributed by atoms with Crippen LogP contribution in [0, 0.1) is 5.92 Å². The zero-order valence-electron chi connectivity index (χ0n) is 16.6. The molecule has 1 amide bonds. The monoisotopic (exact) mass is 445 g/mol. The lowest BCUT2D eigenvalue weighted by Gasteiger charge is -2.24. The van der Waals surface area contributed by atoms with E-state index in [4.69, 9.17) is 0 Å². The number of hydrogen-bond donors (Lipinski definition) is 1. The van der Waals surface area contributed by atoms with Crippen molar-refractivity contribution in [1.82, 2.24) is 24.9 Å². The number of aromatic nitrogens is 4. The second-order valence-electron chi connectivity index (χ2n) is 7.34. The van der Waals surface area contributed by atoms with Crippen LogP contribution in [-0.4, -0.2) is 37.7 Å². The molecule has 0 bridgehead atoms. The van der Waals surface area contributed by atoms with Crippen LogP contribution in [0.2, 0.25) is 0 Å². The maximum absolute atomic E-state index is 13.2. The minimum Gasteiger partial charge on any atom is -0.339 e. The molecular weight excluding hydrogens is 427 g/mol. The highest BCUT2D eigenvalue weighted by Crippen LogP contribution is 2.30. The van der Waals surface area contributed by atoms with Gasteiger partial charge in [-0.3, -0.25) is 9.78 Å². The molecule has 0 aromatic carbocycles. The van der Waals surface area contributed by atoms with Gasteiger partial charge in [-0.15, -0.1) is 11.3 Å². The van der Waals surface area contributed by atoms with Crippen LogP contribution in [-0.2, 0) is 0 Å². The second kappa shape index (κ2) is 8.10. The molecule has 4 rings (SSSR count). The number of thiophene rings is 1. The smallest absolute Gasteiger partial charge is 0.339 e. The summed E-state index contributed by atoms with van der Waals surface area (Å²) in [6.07, 6.45) is 4.03. The number of nitrogens with one attached hydrogen (secondary N) is 1. The Morgan fingerprint density at radius 3 is 2.55 bits per heavy atom. The van der Waals surface area contributed by atoms with E-state index in [-0.39, 0.29) is 4.88 Å². The van der Waals surface area contributed by atoms with Gasteiger partial charge >= 0.3 is 6.18 Å². The van der Waals surface area contributed by atoms with E-state index in [0.717, 1.165) is 22.5 Å². The Hall–Kier alpha value is -3.27. The molecule has 0 saturated heterocycles. The van der Waals surface area contributed by atoms with Crippen molar-refractivity contribution in [3.05, 3.63) is 59.4 Å². The molecule has 0 fully saturated rings. The number of alkyl halides is 3. The second-order valence-corrected chi connectivity index (χ2v) is 8.25. The van der Waals surface area contributed by atoms with Crippen LogP contribution in [0.25, 0.3) is 27.9 Å². The third kappa shape index (κ3) is 4.29. The summed E-state index contributed by atoms with van der Waals surface area (Å²) >= 11 is 1.08. The Labute approximate surface area is 179 Å². The number of rotatable bonds is 5. The van der Waals surface area contributed by atoms with Crippen molar-refractivity contribution in [3.8, 4) is 22.3 Å². The van der Waals surface area contributed by atoms with Crippen LogP contribution < -0.4 is 5.32 Å². The molecule has 0 saturated carbocycles. The standard InChI is InChI=1S/C21H18F3N5OS/c1-12(2)18(21(22,23)24)28-20(30)17-7-14(11-31-17)16-9-27-29-10-15(8-26-19(16)29)13-3-5-25-6-4-13/h3-12,18H,1-2H3,(H,28,30)/t18-/m0/s1. The predicted octanol–water partition coefficient (Wildman–Crippen LogP) is 4.84. The van der Waals surface area contributed by atoms with Crippen LogP contribution >= 0.6 is 11.3 Å². The number of hydrogen-bond acceptors (Lipinski definition) is 5. The van der Waals surface area contributed by atoms with E-state index in [1.165, 1.54) is 13.8 Å². The average molecular weight is 445 g/mol. The first-order valence-electron chi connectivity index (χ1n) is 9.44. The SMILES string of the molecule is CC(C)[C@H](NC(=O)c1cc(-c2cnn3cc(-c4ccncc4)cnc23)cs1)C(F)(F)F. The van der Waals surface area contributed by atoms with E-state index in [9.17, 15) is 18.0 Å². The van der Waals surface area contributed by atoms with Crippen molar-refractivity contribution >= 4 is 22.9 Å². The van der Waals surface area contributed by atoms with Gasteiger partial charge < -0.3 is 5.32 Å². The van der Waals surface area contributed by atoms with E-state index in [1.54, 1.807) is 40.7 Å². The van der Waals surface area contributed by atoms with E-state index >= 15 is 0 Å². The van der Waals surface area contributed by atoms with Crippen molar-refractivity contribution in [2.24, 2.45) is 5.92 Å². The van der Waals surface area contributed by atoms with E-state index in [1.807, 2.05) is 18.3 Å². The lowest BCUT2D eigenvalue weighted by molar-refractivity contribution is -0.162. The van der Waals surface area contributed by atoms with Gasteiger partial charge in [-0.1, -0.05) is 13.8 Å². The highest BCUT2D eigenvalue weighted by atomic mass is 32.1. The molecule has 1 N–H and O–H groups in total. The quantitative estimate of drug-likeness (QED) is 0.477. The molecule has 0 unspecified atom stereocenters. The van der Waals surface area contributed by atoms with Gasteiger partial charge in [0.1, 0.15) is 6.04 Å². The lowest BCUT2D eigenvalue weighted by Crippen LogP contribution is -2.48. The summed E-state index contributed by atoms with van der Waals surface area (Å²) in [4.78, 5) is 21.1. The number of nitrogens with zero attached hydrogens (tertiary/aromatic N) is 4. The van der Waals surface area contributed by atoms with E-state index in [0.29, 0.717) is 16.8 Å². The van der Waals surface area contributed by atoms with Gasteiger partial charge in [0, 0.05) is 35.9 Å². The summed E-state index contributed by atoms with van der Waals surface area (Å²) in [5.74, 6) is -1.53. The molecule has 0 radical (unpaired) electrons. The predicted molar refractivity (Wildman–Crippen MR) is 112 cm³/mol. The van der Waals surface area contributed by atoms with Gasteiger partial charge in [0.15, 0.2) is 5.65 Å². The summed E-state index contributed by atoms with van der Waals surface area (Å²) in [5.41, 5.74) is 3.75. The highest BCUT2D eigenvalue weighted by molar-refractivity contribution is 7.12. The Morgan fingerprint density at radius 1 is 1.13 bits per heavy atom. The molecule has 0 aliphatic rings. The summed E-state index contributed by atoms with van der Waals surface area (Å²) in [6, 6.07) is 3.38. The minimum absolute atomic E-state index is 0.192.